The summed E-state index contributed by atoms with van der Waals surface area (Å²) < 4.78 is 3.05. The molecule has 9 nitrogen and oxygen atoms in total. The molecule has 4 aromatic rings. The number of imidazole rings is 1. The number of fused-ring (bicyclic) bond motifs is 1. The van der Waals surface area contributed by atoms with Gasteiger partial charge in [-0.1, -0.05) is 29.5 Å². The van der Waals surface area contributed by atoms with E-state index in [9.17, 15) is 10.1 Å². The third kappa shape index (κ3) is 2.57. The summed E-state index contributed by atoms with van der Waals surface area (Å²) in [6.07, 6.45) is 1.63. The van der Waals surface area contributed by atoms with Gasteiger partial charge in [-0.3, -0.25) is 0 Å². The van der Waals surface area contributed by atoms with Crippen LogP contribution >= 0.6 is 23.1 Å². The Morgan fingerprint density at radius 2 is 2.04 bits per heavy atom. The predicted molar refractivity (Wildman–Crippen MR) is 92.5 cm³/mol. The first kappa shape index (κ1) is 15.7. The second-order valence-corrected chi connectivity index (χ2v) is 7.10. The lowest BCUT2D eigenvalue weighted by molar-refractivity contribution is -0.393. The van der Waals surface area contributed by atoms with E-state index in [2.05, 4.69) is 20.5 Å². The molecular weight excluding hydrogens is 362 g/mol. The van der Waals surface area contributed by atoms with Crippen LogP contribution in [0, 0.1) is 24.0 Å². The largest absolute Gasteiger partial charge is 0.363 e. The van der Waals surface area contributed by atoms with Crippen LogP contribution in [0.25, 0.3) is 10.6 Å². The van der Waals surface area contributed by atoms with Gasteiger partial charge < -0.3 is 10.1 Å². The minimum atomic E-state index is -0.442. The fourth-order valence-corrected chi connectivity index (χ4v) is 4.23. The van der Waals surface area contributed by atoms with Gasteiger partial charge in [0.1, 0.15) is 6.20 Å². The lowest BCUT2D eigenvalue weighted by atomic mass is 10.1. The maximum atomic E-state index is 11.5. The highest BCUT2D eigenvalue weighted by molar-refractivity contribution is 7.99. The zero-order valence-corrected chi connectivity index (χ0v) is 14.8. The number of rotatable bonds is 4. The molecule has 0 radical (unpaired) electrons. The van der Waals surface area contributed by atoms with Crippen LogP contribution in [0.1, 0.15) is 11.1 Å². The quantitative estimate of drug-likeness (QED) is 0.400. The first-order chi connectivity index (χ1) is 12.1. The average molecular weight is 373 g/mol. The van der Waals surface area contributed by atoms with Gasteiger partial charge in [-0.15, -0.1) is 5.10 Å². The summed E-state index contributed by atoms with van der Waals surface area (Å²) in [5.74, 6) is -0.0858. The Morgan fingerprint density at radius 1 is 1.28 bits per heavy atom. The van der Waals surface area contributed by atoms with Crippen molar-refractivity contribution in [1.82, 2.24) is 29.6 Å². The number of tetrazole rings is 1. The summed E-state index contributed by atoms with van der Waals surface area (Å²) in [7, 11) is 0. The molecular formula is C14H11N7O2S2. The molecule has 1 aromatic carbocycles. The lowest BCUT2D eigenvalue weighted by Crippen LogP contribution is -2.04. The molecule has 0 N–H and O–H groups in total. The number of benzene rings is 1. The normalized spacial score (nSPS) is 11.3. The number of thiazole rings is 1. The minimum Gasteiger partial charge on any atom is -0.358 e. The van der Waals surface area contributed by atoms with Crippen molar-refractivity contribution in [1.29, 1.82) is 0 Å². The van der Waals surface area contributed by atoms with Gasteiger partial charge in [0.25, 0.3) is 4.96 Å². The summed E-state index contributed by atoms with van der Waals surface area (Å²) in [5.41, 5.74) is 2.88. The second-order valence-electron chi connectivity index (χ2n) is 5.27. The molecule has 0 bridgehead atoms. The molecule has 0 unspecified atom stereocenters. The van der Waals surface area contributed by atoms with E-state index in [1.54, 1.807) is 16.3 Å². The monoisotopic (exact) mass is 373 g/mol. The van der Waals surface area contributed by atoms with Crippen LogP contribution < -0.4 is 0 Å². The number of hydrogen-bond donors (Lipinski definition) is 0. The Hall–Kier alpha value is -2.79. The topological polar surface area (TPSA) is 104 Å². The summed E-state index contributed by atoms with van der Waals surface area (Å²) in [6, 6.07) is 5.89. The van der Waals surface area contributed by atoms with Crippen molar-refractivity contribution in [2.24, 2.45) is 0 Å². The highest BCUT2D eigenvalue weighted by Gasteiger charge is 2.27. The zero-order valence-electron chi connectivity index (χ0n) is 13.2. The van der Waals surface area contributed by atoms with E-state index in [1.165, 1.54) is 15.7 Å². The number of aromatic nitrogens is 6. The number of para-hydroxylation sites is 1. The van der Waals surface area contributed by atoms with Gasteiger partial charge in [0.05, 0.1) is 5.69 Å². The smallest absolute Gasteiger partial charge is 0.358 e. The maximum absolute atomic E-state index is 11.5. The van der Waals surface area contributed by atoms with Gasteiger partial charge in [0, 0.05) is 5.38 Å². The zero-order chi connectivity index (χ0) is 17.6. The third-order valence-electron chi connectivity index (χ3n) is 3.66. The summed E-state index contributed by atoms with van der Waals surface area (Å²) in [5, 5.41) is 25.7. The van der Waals surface area contributed by atoms with Gasteiger partial charge in [-0.25, -0.2) is 0 Å². The SMILES string of the molecule is Cc1cccc(C)c1-n1nnnc1Sc1nc2sccn2c1[N+](=O)[O-]. The molecule has 0 atom stereocenters. The van der Waals surface area contributed by atoms with Crippen molar-refractivity contribution < 1.29 is 4.92 Å². The van der Waals surface area contributed by atoms with Crippen molar-refractivity contribution in [3.63, 3.8) is 0 Å². The minimum absolute atomic E-state index is 0.0858. The van der Waals surface area contributed by atoms with E-state index in [0.29, 0.717) is 10.1 Å². The molecule has 3 aromatic heterocycles. The van der Waals surface area contributed by atoms with Gasteiger partial charge in [0.15, 0.2) is 0 Å². The first-order valence-electron chi connectivity index (χ1n) is 7.19. The highest BCUT2D eigenvalue weighted by Crippen LogP contribution is 2.36. The standard InChI is InChI=1S/C14H11N7O2S2/c1-8-4-3-5-9(2)10(8)20-14(16-17-18-20)25-11-12(21(22)23)19-6-7-24-13(19)15-11/h3-7H,1-2H3. The van der Waals surface area contributed by atoms with Crippen molar-refractivity contribution in [3.05, 3.63) is 51.0 Å². The van der Waals surface area contributed by atoms with Crippen molar-refractivity contribution in [3.8, 4) is 5.69 Å². The van der Waals surface area contributed by atoms with Crippen LogP contribution in [0.15, 0.2) is 40.0 Å². The second kappa shape index (κ2) is 5.93. The third-order valence-corrected chi connectivity index (χ3v) is 5.32. The molecule has 0 saturated carbocycles. The van der Waals surface area contributed by atoms with E-state index in [-0.39, 0.29) is 10.8 Å². The molecule has 0 saturated heterocycles. The van der Waals surface area contributed by atoms with Crippen LogP contribution in [0.2, 0.25) is 0 Å². The summed E-state index contributed by atoms with van der Waals surface area (Å²) in [4.78, 5) is 15.9. The van der Waals surface area contributed by atoms with Gasteiger partial charge in [-0.2, -0.15) is 14.1 Å². The summed E-state index contributed by atoms with van der Waals surface area (Å²) in [6.45, 7) is 3.93. The first-order valence-corrected chi connectivity index (χ1v) is 8.88. The number of hydrogen-bond acceptors (Lipinski definition) is 8. The molecule has 0 amide bonds. The molecule has 4 rings (SSSR count). The fourth-order valence-electron chi connectivity index (χ4n) is 2.60. The molecule has 0 aliphatic carbocycles. The molecule has 126 valence electrons. The highest BCUT2D eigenvalue weighted by atomic mass is 32.2. The maximum Gasteiger partial charge on any atom is 0.363 e. The number of nitro groups is 1. The Balaban J connectivity index is 1.82. The van der Waals surface area contributed by atoms with E-state index < -0.39 is 4.92 Å². The lowest BCUT2D eigenvalue weighted by Gasteiger charge is -2.09. The Kier molecular flexibility index (Phi) is 3.73. The van der Waals surface area contributed by atoms with Gasteiger partial charge in [-0.05, 0) is 52.1 Å². The molecule has 0 fully saturated rings. The van der Waals surface area contributed by atoms with Crippen molar-refractivity contribution >= 4 is 33.9 Å². The van der Waals surface area contributed by atoms with E-state index in [1.807, 2.05) is 32.0 Å². The van der Waals surface area contributed by atoms with Gasteiger partial charge >= 0.3 is 5.82 Å². The van der Waals surface area contributed by atoms with Crippen LogP contribution in [0.4, 0.5) is 5.82 Å². The molecule has 3 heterocycles. The Labute approximate surface area is 149 Å². The molecule has 0 spiro atoms. The number of nitrogens with zero attached hydrogens (tertiary/aromatic N) is 7. The Morgan fingerprint density at radius 3 is 2.76 bits per heavy atom. The van der Waals surface area contributed by atoms with E-state index in [0.717, 1.165) is 28.6 Å². The summed E-state index contributed by atoms with van der Waals surface area (Å²) >= 11 is 2.41. The Bertz CT molecular complexity index is 1080. The predicted octanol–water partition coefficient (Wildman–Crippen LogP) is 3.05. The number of aryl methyl sites for hydroxylation is 2. The van der Waals surface area contributed by atoms with E-state index >= 15 is 0 Å². The average Bonchev–Trinajstić information content (AvgIpc) is 3.23. The van der Waals surface area contributed by atoms with Crippen LogP contribution in [-0.4, -0.2) is 34.5 Å². The molecule has 11 heteroatoms. The molecule has 0 aliphatic heterocycles. The molecule has 0 aliphatic rings. The van der Waals surface area contributed by atoms with Crippen LogP contribution in [0.5, 0.6) is 0 Å². The van der Waals surface area contributed by atoms with Gasteiger partial charge in [0.2, 0.25) is 10.2 Å². The van der Waals surface area contributed by atoms with Crippen molar-refractivity contribution in [2.45, 2.75) is 24.0 Å². The van der Waals surface area contributed by atoms with Crippen LogP contribution in [-0.2, 0) is 0 Å². The van der Waals surface area contributed by atoms with Crippen LogP contribution in [0.3, 0.4) is 0 Å². The molecule has 25 heavy (non-hydrogen) atoms. The van der Waals surface area contributed by atoms with Crippen molar-refractivity contribution in [2.75, 3.05) is 0 Å². The fraction of sp³-hybridized carbons (Fsp3) is 0.143. The van der Waals surface area contributed by atoms with E-state index in [4.69, 9.17) is 0 Å².